The van der Waals surface area contributed by atoms with Gasteiger partial charge in [0.1, 0.15) is 11.4 Å². The molecule has 0 aliphatic carbocycles. The van der Waals surface area contributed by atoms with Gasteiger partial charge in [-0.2, -0.15) is 5.10 Å². The Morgan fingerprint density at radius 1 is 1.03 bits per heavy atom. The Kier molecular flexibility index (Phi) is 9.79. The van der Waals surface area contributed by atoms with E-state index >= 15 is 0 Å². The molecule has 1 aromatic heterocycles. The molecule has 1 amide bonds. The van der Waals surface area contributed by atoms with Crippen LogP contribution in [0.2, 0.25) is 0 Å². The van der Waals surface area contributed by atoms with Crippen molar-refractivity contribution in [1.82, 2.24) is 30.3 Å². The molecular weight excluding hydrogens is 501 g/mol. The van der Waals surface area contributed by atoms with Gasteiger partial charge in [-0.25, -0.2) is 9.37 Å². The number of benzene rings is 1. The number of piperazine rings is 1. The maximum Gasteiger partial charge on any atom is 0.306 e. The zero-order valence-corrected chi connectivity index (χ0v) is 23.2. The Morgan fingerprint density at radius 3 is 2.38 bits per heavy atom. The third kappa shape index (κ3) is 9.21. The van der Waals surface area contributed by atoms with Crippen LogP contribution in [0.25, 0.3) is 11.3 Å². The van der Waals surface area contributed by atoms with Gasteiger partial charge >= 0.3 is 5.97 Å². The largest absolute Gasteiger partial charge is 0.460 e. The van der Waals surface area contributed by atoms with Crippen LogP contribution in [0, 0.1) is 5.82 Å². The fourth-order valence-corrected chi connectivity index (χ4v) is 4.91. The maximum absolute atomic E-state index is 13.2. The van der Waals surface area contributed by atoms with Crippen LogP contribution in [-0.4, -0.2) is 101 Å². The molecule has 0 bridgehead atoms. The second-order valence-electron chi connectivity index (χ2n) is 11.3. The van der Waals surface area contributed by atoms with E-state index in [-0.39, 0.29) is 23.7 Å². The molecule has 0 spiro atoms. The summed E-state index contributed by atoms with van der Waals surface area (Å²) in [5, 5.41) is 11.5. The van der Waals surface area contributed by atoms with Crippen LogP contribution in [0.1, 0.15) is 46.5 Å². The average molecular weight is 542 g/mol. The van der Waals surface area contributed by atoms with Gasteiger partial charge in [-0.1, -0.05) is 0 Å². The minimum Gasteiger partial charge on any atom is -0.460 e. The number of rotatable bonds is 9. The number of carbonyl (C=O) groups excluding carboxylic acids is 2. The zero-order chi connectivity index (χ0) is 27.8. The smallest absolute Gasteiger partial charge is 0.306 e. The number of halogens is 1. The van der Waals surface area contributed by atoms with Gasteiger partial charge in [0.05, 0.1) is 18.4 Å². The number of aromatic nitrogens is 3. The van der Waals surface area contributed by atoms with E-state index in [4.69, 9.17) is 4.74 Å². The number of amides is 1. The van der Waals surface area contributed by atoms with Crippen LogP contribution in [0.15, 0.2) is 30.5 Å². The Hall–Kier alpha value is -3.18. The molecule has 212 valence electrons. The summed E-state index contributed by atoms with van der Waals surface area (Å²) >= 11 is 0. The highest BCUT2D eigenvalue weighted by Gasteiger charge is 2.24. The Bertz CT molecular complexity index is 1090. The van der Waals surface area contributed by atoms with E-state index in [1.807, 2.05) is 20.8 Å². The second kappa shape index (κ2) is 13.3. The summed E-state index contributed by atoms with van der Waals surface area (Å²) in [6.45, 7) is 11.6. The first kappa shape index (κ1) is 28.8. The summed E-state index contributed by atoms with van der Waals surface area (Å²) in [6, 6.07) is 6.35. The van der Waals surface area contributed by atoms with Crippen LogP contribution < -0.4 is 10.2 Å². The van der Waals surface area contributed by atoms with Crippen LogP contribution in [0.5, 0.6) is 0 Å². The van der Waals surface area contributed by atoms with Crippen LogP contribution in [-0.2, 0) is 14.3 Å². The molecule has 2 aromatic rings. The summed E-state index contributed by atoms with van der Waals surface area (Å²) in [7, 11) is 0. The lowest BCUT2D eigenvalue weighted by Crippen LogP contribution is -2.52. The van der Waals surface area contributed by atoms with Gasteiger partial charge in [0.2, 0.25) is 11.9 Å². The molecule has 2 aliphatic heterocycles. The Labute approximate surface area is 229 Å². The normalized spacial score (nSPS) is 17.7. The summed E-state index contributed by atoms with van der Waals surface area (Å²) in [6.07, 6.45) is 4.63. The molecule has 10 nitrogen and oxygen atoms in total. The molecule has 2 aliphatic rings. The standard InChI is InChI=1S/C28H40FN7O3/c1-28(2,3)39-26(38)5-4-12-34-13-10-23(11-14-34)31-25(37)20-35-15-17-36(18-16-35)27-32-24(19-30-33-27)21-6-8-22(29)9-7-21/h6-9,19,23H,4-5,10-18,20H2,1-3H3,(H,31,37). The summed E-state index contributed by atoms with van der Waals surface area (Å²) < 4.78 is 18.6. The molecule has 39 heavy (non-hydrogen) atoms. The van der Waals surface area contributed by atoms with Crippen molar-refractivity contribution in [3.05, 3.63) is 36.3 Å². The Morgan fingerprint density at radius 2 is 1.72 bits per heavy atom. The van der Waals surface area contributed by atoms with E-state index in [9.17, 15) is 14.0 Å². The highest BCUT2D eigenvalue weighted by Crippen LogP contribution is 2.19. The van der Waals surface area contributed by atoms with E-state index in [1.54, 1.807) is 18.3 Å². The number of nitrogens with one attached hydrogen (secondary N) is 1. The average Bonchev–Trinajstić information content (AvgIpc) is 2.89. The highest BCUT2D eigenvalue weighted by molar-refractivity contribution is 5.78. The SMILES string of the molecule is CC(C)(C)OC(=O)CCCN1CCC(NC(=O)CN2CCN(c3nncc(-c4ccc(F)cc4)n3)CC2)CC1. The van der Waals surface area contributed by atoms with Crippen molar-refractivity contribution in [2.45, 2.75) is 58.1 Å². The van der Waals surface area contributed by atoms with Crippen LogP contribution in [0.3, 0.4) is 0 Å². The summed E-state index contributed by atoms with van der Waals surface area (Å²) in [5.74, 6) is 0.161. The second-order valence-corrected chi connectivity index (χ2v) is 11.3. The lowest BCUT2D eigenvalue weighted by Gasteiger charge is -2.35. The molecule has 0 unspecified atom stereocenters. The van der Waals surface area contributed by atoms with E-state index in [0.717, 1.165) is 57.5 Å². The lowest BCUT2D eigenvalue weighted by molar-refractivity contribution is -0.155. The summed E-state index contributed by atoms with van der Waals surface area (Å²) in [5.41, 5.74) is 0.996. The number of nitrogens with zero attached hydrogens (tertiary/aromatic N) is 6. The van der Waals surface area contributed by atoms with Crippen molar-refractivity contribution in [1.29, 1.82) is 0 Å². The van der Waals surface area contributed by atoms with E-state index in [1.165, 1.54) is 12.1 Å². The molecule has 0 radical (unpaired) electrons. The number of esters is 1. The van der Waals surface area contributed by atoms with Crippen molar-refractivity contribution >= 4 is 17.8 Å². The first-order chi connectivity index (χ1) is 18.6. The van der Waals surface area contributed by atoms with Crippen molar-refractivity contribution in [2.24, 2.45) is 0 Å². The fourth-order valence-electron chi connectivity index (χ4n) is 4.91. The van der Waals surface area contributed by atoms with Gasteiger partial charge in [-0.15, -0.1) is 5.10 Å². The molecule has 3 heterocycles. The van der Waals surface area contributed by atoms with Crippen LogP contribution >= 0.6 is 0 Å². The van der Waals surface area contributed by atoms with Gasteiger partial charge in [0, 0.05) is 57.3 Å². The first-order valence-electron chi connectivity index (χ1n) is 13.8. The van der Waals surface area contributed by atoms with Gasteiger partial charge in [0.25, 0.3) is 0 Å². The fraction of sp³-hybridized carbons (Fsp3) is 0.607. The number of hydrogen-bond donors (Lipinski definition) is 1. The first-order valence-corrected chi connectivity index (χ1v) is 13.8. The molecule has 0 saturated carbocycles. The van der Waals surface area contributed by atoms with Gasteiger partial charge < -0.3 is 19.9 Å². The summed E-state index contributed by atoms with van der Waals surface area (Å²) in [4.78, 5) is 35.8. The third-order valence-electron chi connectivity index (χ3n) is 6.94. The minimum absolute atomic E-state index is 0.0584. The van der Waals surface area contributed by atoms with E-state index in [0.29, 0.717) is 37.7 Å². The number of ether oxygens (including phenoxy) is 1. The van der Waals surface area contributed by atoms with Crippen molar-refractivity contribution < 1.29 is 18.7 Å². The molecule has 4 rings (SSSR count). The Balaban J connectivity index is 1.13. The quantitative estimate of drug-likeness (QED) is 0.480. The number of hydrogen-bond acceptors (Lipinski definition) is 9. The lowest BCUT2D eigenvalue weighted by atomic mass is 10.0. The third-order valence-corrected chi connectivity index (χ3v) is 6.94. The predicted molar refractivity (Wildman–Crippen MR) is 147 cm³/mol. The van der Waals surface area contributed by atoms with Gasteiger partial charge in [-0.3, -0.25) is 14.5 Å². The zero-order valence-electron chi connectivity index (χ0n) is 23.2. The molecule has 11 heteroatoms. The molecule has 1 aromatic carbocycles. The van der Waals surface area contributed by atoms with E-state index in [2.05, 4.69) is 35.2 Å². The molecule has 2 fully saturated rings. The van der Waals surface area contributed by atoms with Crippen molar-refractivity contribution in [3.8, 4) is 11.3 Å². The molecule has 0 atom stereocenters. The van der Waals surface area contributed by atoms with Crippen molar-refractivity contribution in [3.63, 3.8) is 0 Å². The molecular formula is C28H40FN7O3. The van der Waals surface area contributed by atoms with Gasteiger partial charge in [-0.05, 0) is 70.8 Å². The van der Waals surface area contributed by atoms with Crippen molar-refractivity contribution in [2.75, 3.05) is 57.3 Å². The molecule has 1 N–H and O–H groups in total. The van der Waals surface area contributed by atoms with E-state index < -0.39 is 5.60 Å². The monoisotopic (exact) mass is 541 g/mol. The topological polar surface area (TPSA) is 104 Å². The number of piperidine rings is 1. The number of carbonyl (C=O) groups is 2. The maximum atomic E-state index is 13.2. The number of anilines is 1. The molecule has 2 saturated heterocycles. The van der Waals surface area contributed by atoms with Crippen LogP contribution in [0.4, 0.5) is 10.3 Å². The number of likely N-dealkylation sites (tertiary alicyclic amines) is 1. The van der Waals surface area contributed by atoms with Gasteiger partial charge in [0.15, 0.2) is 0 Å². The highest BCUT2D eigenvalue weighted by atomic mass is 19.1. The minimum atomic E-state index is -0.439. The predicted octanol–water partition coefficient (Wildman–Crippen LogP) is 2.50.